The third kappa shape index (κ3) is 3.26. The lowest BCUT2D eigenvalue weighted by molar-refractivity contribution is 0.0467. The van der Waals surface area contributed by atoms with E-state index < -0.39 is 5.97 Å². The van der Waals surface area contributed by atoms with E-state index in [0.717, 1.165) is 9.35 Å². The maximum atomic E-state index is 12.3. The summed E-state index contributed by atoms with van der Waals surface area (Å²) in [5.41, 5.74) is 1.06. The predicted octanol–water partition coefficient (Wildman–Crippen LogP) is 4.23. The number of ether oxygens (including phenoxy) is 1. The van der Waals surface area contributed by atoms with Gasteiger partial charge >= 0.3 is 5.97 Å². The van der Waals surface area contributed by atoms with Crippen LogP contribution in [-0.4, -0.2) is 15.9 Å². The summed E-state index contributed by atoms with van der Waals surface area (Å²) < 4.78 is 11.6. The standard InChI is InChI=1S/C15H11BrN2O3S/c1-9-18-12(13(21-9)14-17-7-11(16)22-14)15(19)20-8-10-5-3-2-4-6-10/h2-7H,8H2,1H3. The van der Waals surface area contributed by atoms with Gasteiger partial charge in [0.2, 0.25) is 0 Å². The number of esters is 1. The van der Waals surface area contributed by atoms with Gasteiger partial charge in [0.1, 0.15) is 6.61 Å². The first-order valence-corrected chi connectivity index (χ1v) is 8.04. The number of nitrogens with zero attached hydrogens (tertiary/aromatic N) is 2. The number of hydrogen-bond donors (Lipinski definition) is 0. The summed E-state index contributed by atoms with van der Waals surface area (Å²) in [4.78, 5) is 20.6. The van der Waals surface area contributed by atoms with Crippen molar-refractivity contribution in [3.05, 3.63) is 57.5 Å². The van der Waals surface area contributed by atoms with Gasteiger partial charge in [0, 0.05) is 6.92 Å². The Morgan fingerprint density at radius 3 is 2.82 bits per heavy atom. The van der Waals surface area contributed by atoms with Crippen molar-refractivity contribution in [2.75, 3.05) is 0 Å². The molecule has 0 aliphatic rings. The Morgan fingerprint density at radius 2 is 2.14 bits per heavy atom. The molecule has 0 saturated heterocycles. The molecule has 3 rings (SSSR count). The van der Waals surface area contributed by atoms with Crippen LogP contribution in [0.25, 0.3) is 10.8 Å². The second-order valence-corrected chi connectivity index (χ2v) is 6.85. The van der Waals surface area contributed by atoms with Crippen molar-refractivity contribution >= 4 is 33.2 Å². The predicted molar refractivity (Wildman–Crippen MR) is 85.6 cm³/mol. The van der Waals surface area contributed by atoms with E-state index in [1.54, 1.807) is 13.1 Å². The minimum Gasteiger partial charge on any atom is -0.456 e. The zero-order valence-corrected chi connectivity index (χ0v) is 14.0. The fourth-order valence-corrected chi connectivity index (χ4v) is 3.05. The molecule has 0 aliphatic carbocycles. The first kappa shape index (κ1) is 14.9. The first-order chi connectivity index (χ1) is 10.6. The summed E-state index contributed by atoms with van der Waals surface area (Å²) in [5, 5.41) is 0.583. The number of rotatable bonds is 4. The lowest BCUT2D eigenvalue weighted by atomic mass is 10.2. The molecule has 3 aromatic rings. The fourth-order valence-electron chi connectivity index (χ4n) is 1.86. The molecule has 0 spiro atoms. The lowest BCUT2D eigenvalue weighted by Crippen LogP contribution is -2.07. The van der Waals surface area contributed by atoms with Crippen LogP contribution in [-0.2, 0) is 11.3 Å². The molecule has 7 heteroatoms. The third-order valence-electron chi connectivity index (χ3n) is 2.81. The average molecular weight is 379 g/mol. The molecule has 0 atom stereocenters. The van der Waals surface area contributed by atoms with E-state index in [1.807, 2.05) is 30.3 Å². The van der Waals surface area contributed by atoms with Crippen molar-refractivity contribution in [2.24, 2.45) is 0 Å². The van der Waals surface area contributed by atoms with Crippen LogP contribution >= 0.6 is 27.3 Å². The molecule has 0 aliphatic heterocycles. The summed E-state index contributed by atoms with van der Waals surface area (Å²) in [6.45, 7) is 1.87. The number of hydrogen-bond acceptors (Lipinski definition) is 6. The Morgan fingerprint density at radius 1 is 1.36 bits per heavy atom. The Labute approximate surface area is 139 Å². The average Bonchev–Trinajstić information content (AvgIpc) is 3.11. The van der Waals surface area contributed by atoms with Crippen LogP contribution in [0.1, 0.15) is 21.9 Å². The Bertz CT molecular complexity index is 798. The van der Waals surface area contributed by atoms with Crippen LogP contribution in [0.5, 0.6) is 0 Å². The van der Waals surface area contributed by atoms with Gasteiger partial charge in [-0.2, -0.15) is 0 Å². The lowest BCUT2D eigenvalue weighted by Gasteiger charge is -2.03. The largest absolute Gasteiger partial charge is 0.456 e. The number of halogens is 1. The van der Waals surface area contributed by atoms with Crippen LogP contribution in [0.2, 0.25) is 0 Å². The van der Waals surface area contributed by atoms with Crippen molar-refractivity contribution < 1.29 is 13.9 Å². The van der Waals surface area contributed by atoms with E-state index in [4.69, 9.17) is 9.15 Å². The zero-order chi connectivity index (χ0) is 15.5. The van der Waals surface area contributed by atoms with Crippen molar-refractivity contribution in [1.29, 1.82) is 0 Å². The van der Waals surface area contributed by atoms with Gasteiger partial charge in [-0.15, -0.1) is 11.3 Å². The molecule has 0 N–H and O–H groups in total. The van der Waals surface area contributed by atoms with Gasteiger partial charge < -0.3 is 9.15 Å². The summed E-state index contributed by atoms with van der Waals surface area (Å²) in [6, 6.07) is 9.47. The number of oxazole rings is 1. The Kier molecular flexibility index (Phi) is 4.35. The van der Waals surface area contributed by atoms with Crippen molar-refractivity contribution in [3.63, 3.8) is 0 Å². The highest BCUT2D eigenvalue weighted by Gasteiger charge is 2.23. The van der Waals surface area contributed by atoms with Gasteiger partial charge in [0.25, 0.3) is 0 Å². The molecule has 0 saturated carbocycles. The molecule has 0 unspecified atom stereocenters. The highest BCUT2D eigenvalue weighted by molar-refractivity contribution is 9.11. The summed E-state index contributed by atoms with van der Waals surface area (Å²) in [7, 11) is 0. The SMILES string of the molecule is Cc1nc(C(=O)OCc2ccccc2)c(-c2ncc(Br)s2)o1. The highest BCUT2D eigenvalue weighted by atomic mass is 79.9. The maximum absolute atomic E-state index is 12.3. The molecule has 0 radical (unpaired) electrons. The number of carbonyl (C=O) groups excluding carboxylic acids is 1. The Balaban J connectivity index is 1.81. The van der Waals surface area contributed by atoms with E-state index in [0.29, 0.717) is 16.7 Å². The van der Waals surface area contributed by atoms with E-state index in [2.05, 4.69) is 25.9 Å². The Hall–Kier alpha value is -1.99. The molecule has 5 nitrogen and oxygen atoms in total. The van der Waals surface area contributed by atoms with E-state index in [1.165, 1.54) is 11.3 Å². The fraction of sp³-hybridized carbons (Fsp3) is 0.133. The van der Waals surface area contributed by atoms with E-state index in [9.17, 15) is 4.79 Å². The number of carbonyl (C=O) groups is 1. The summed E-state index contributed by atoms with van der Waals surface area (Å²) >= 11 is 4.70. The highest BCUT2D eigenvalue weighted by Crippen LogP contribution is 2.31. The number of aryl methyl sites for hydroxylation is 1. The number of aromatic nitrogens is 2. The quantitative estimate of drug-likeness (QED) is 0.635. The first-order valence-electron chi connectivity index (χ1n) is 6.43. The van der Waals surface area contributed by atoms with Crippen LogP contribution in [0, 0.1) is 6.92 Å². The zero-order valence-electron chi connectivity index (χ0n) is 11.6. The van der Waals surface area contributed by atoms with Gasteiger partial charge in [-0.3, -0.25) is 0 Å². The van der Waals surface area contributed by atoms with Crippen molar-refractivity contribution in [3.8, 4) is 10.8 Å². The third-order valence-corrected chi connectivity index (χ3v) is 4.29. The van der Waals surface area contributed by atoms with Gasteiger partial charge in [0.05, 0.1) is 9.98 Å². The van der Waals surface area contributed by atoms with Crippen LogP contribution in [0.3, 0.4) is 0 Å². The molecular formula is C15H11BrN2O3S. The smallest absolute Gasteiger partial charge is 0.361 e. The topological polar surface area (TPSA) is 65.2 Å². The van der Waals surface area contributed by atoms with Crippen LogP contribution in [0.15, 0.2) is 44.7 Å². The van der Waals surface area contributed by atoms with E-state index in [-0.39, 0.29) is 12.3 Å². The molecule has 1 aromatic carbocycles. The minimum absolute atomic E-state index is 0.148. The minimum atomic E-state index is -0.526. The second kappa shape index (κ2) is 6.41. The normalized spacial score (nSPS) is 10.6. The van der Waals surface area contributed by atoms with Crippen LogP contribution < -0.4 is 0 Å². The van der Waals surface area contributed by atoms with Crippen molar-refractivity contribution in [1.82, 2.24) is 9.97 Å². The van der Waals surface area contributed by atoms with Gasteiger partial charge in [0.15, 0.2) is 22.4 Å². The van der Waals surface area contributed by atoms with Crippen molar-refractivity contribution in [2.45, 2.75) is 13.5 Å². The molecule has 0 fully saturated rings. The molecule has 0 bridgehead atoms. The van der Waals surface area contributed by atoms with Gasteiger partial charge in [-0.05, 0) is 21.5 Å². The molecule has 2 heterocycles. The molecular weight excluding hydrogens is 368 g/mol. The molecule has 112 valence electrons. The second-order valence-electron chi connectivity index (χ2n) is 4.44. The van der Waals surface area contributed by atoms with Gasteiger partial charge in [-0.25, -0.2) is 14.8 Å². The van der Waals surface area contributed by atoms with E-state index >= 15 is 0 Å². The molecule has 22 heavy (non-hydrogen) atoms. The summed E-state index contributed by atoms with van der Waals surface area (Å²) in [5.74, 6) is 0.210. The van der Waals surface area contributed by atoms with Crippen LogP contribution in [0.4, 0.5) is 0 Å². The number of thiazole rings is 1. The maximum Gasteiger partial charge on any atom is 0.361 e. The molecule has 2 aromatic heterocycles. The monoisotopic (exact) mass is 378 g/mol. The number of benzene rings is 1. The molecule has 0 amide bonds. The van der Waals surface area contributed by atoms with Gasteiger partial charge in [-0.1, -0.05) is 30.3 Å². The summed E-state index contributed by atoms with van der Waals surface area (Å²) in [6.07, 6.45) is 1.65.